The zero-order valence-corrected chi connectivity index (χ0v) is 20.5. The van der Waals surface area contributed by atoms with Gasteiger partial charge in [-0.3, -0.25) is 9.59 Å². The fourth-order valence-electron chi connectivity index (χ4n) is 4.36. The van der Waals surface area contributed by atoms with E-state index in [9.17, 15) is 9.59 Å². The summed E-state index contributed by atoms with van der Waals surface area (Å²) in [5.41, 5.74) is 4.16. The van der Waals surface area contributed by atoms with Crippen LogP contribution in [0.15, 0.2) is 85.6 Å². The summed E-state index contributed by atoms with van der Waals surface area (Å²) in [5.74, 6) is 1.04. The number of nitrogens with zero attached hydrogens (tertiary/aromatic N) is 3. The molecule has 0 bridgehead atoms. The Morgan fingerprint density at radius 3 is 2.65 bits per heavy atom. The van der Waals surface area contributed by atoms with Crippen molar-refractivity contribution in [3.8, 4) is 16.9 Å². The van der Waals surface area contributed by atoms with Crippen molar-refractivity contribution in [2.24, 2.45) is 0 Å². The Hall–Kier alpha value is -4.72. The number of para-hydroxylation sites is 1. The first-order chi connectivity index (χ1) is 18.0. The molecule has 1 aliphatic heterocycles. The number of carbonyl (C=O) groups excluding carboxylic acids is 2. The molecule has 2 amide bonds. The van der Waals surface area contributed by atoms with Crippen LogP contribution in [0.5, 0.6) is 5.75 Å². The molecule has 2 N–H and O–H groups in total. The second kappa shape index (κ2) is 10.5. The van der Waals surface area contributed by atoms with E-state index < -0.39 is 0 Å². The summed E-state index contributed by atoms with van der Waals surface area (Å²) in [4.78, 5) is 34.3. The van der Waals surface area contributed by atoms with Crippen LogP contribution in [-0.4, -0.2) is 45.9 Å². The van der Waals surface area contributed by atoms with E-state index in [1.165, 1.54) is 6.08 Å². The van der Waals surface area contributed by atoms with Crippen molar-refractivity contribution in [2.45, 2.75) is 19.4 Å². The number of fused-ring (bicyclic) bond motifs is 1. The number of rotatable bonds is 7. The van der Waals surface area contributed by atoms with Crippen LogP contribution in [0.1, 0.15) is 13.3 Å². The SMILES string of the molecule is C=CC(=O)Nc1cccc(-c2cccc3cnc(Nc4ccc(O[C@H]5CCN(C(C)=O)C5)cc4)nc23)c1. The third-order valence-electron chi connectivity index (χ3n) is 6.24. The predicted octanol–water partition coefficient (Wildman–Crippen LogP) is 5.16. The highest BCUT2D eigenvalue weighted by Gasteiger charge is 2.25. The van der Waals surface area contributed by atoms with Gasteiger partial charge in [0.15, 0.2) is 0 Å². The Bertz CT molecular complexity index is 1470. The van der Waals surface area contributed by atoms with Crippen LogP contribution in [0.4, 0.5) is 17.3 Å². The van der Waals surface area contributed by atoms with Crippen molar-refractivity contribution >= 4 is 40.0 Å². The first-order valence-electron chi connectivity index (χ1n) is 12.1. The number of hydrogen-bond acceptors (Lipinski definition) is 6. The van der Waals surface area contributed by atoms with E-state index in [-0.39, 0.29) is 17.9 Å². The van der Waals surface area contributed by atoms with E-state index in [0.717, 1.165) is 46.4 Å². The molecule has 1 aliphatic rings. The minimum Gasteiger partial charge on any atom is -0.489 e. The fourth-order valence-corrected chi connectivity index (χ4v) is 4.36. The number of likely N-dealkylation sites (tertiary alicyclic amines) is 1. The number of amides is 2. The van der Waals surface area contributed by atoms with Gasteiger partial charge in [0.1, 0.15) is 11.9 Å². The Kier molecular flexibility index (Phi) is 6.81. The smallest absolute Gasteiger partial charge is 0.247 e. The molecular weight excluding hydrogens is 466 g/mol. The lowest BCUT2D eigenvalue weighted by Crippen LogP contribution is -2.28. The van der Waals surface area contributed by atoms with Gasteiger partial charge in [0.05, 0.1) is 12.1 Å². The van der Waals surface area contributed by atoms with Gasteiger partial charge in [0, 0.05) is 48.4 Å². The van der Waals surface area contributed by atoms with Crippen LogP contribution < -0.4 is 15.4 Å². The molecule has 37 heavy (non-hydrogen) atoms. The molecule has 8 heteroatoms. The highest BCUT2D eigenvalue weighted by Crippen LogP contribution is 2.30. The zero-order chi connectivity index (χ0) is 25.8. The minimum absolute atomic E-state index is 0.00791. The molecule has 5 rings (SSSR count). The maximum absolute atomic E-state index is 11.7. The predicted molar refractivity (Wildman–Crippen MR) is 145 cm³/mol. The summed E-state index contributed by atoms with van der Waals surface area (Å²) in [6, 6.07) is 21.2. The Balaban J connectivity index is 1.33. The largest absolute Gasteiger partial charge is 0.489 e. The van der Waals surface area contributed by atoms with Crippen molar-refractivity contribution in [3.63, 3.8) is 0 Å². The summed E-state index contributed by atoms with van der Waals surface area (Å²) in [5, 5.41) is 6.97. The standard InChI is InChI=1S/C29H27N5O3/c1-3-27(36)31-23-8-4-6-20(16-23)26-9-5-7-21-17-30-29(33-28(21)26)32-22-10-12-24(13-11-22)37-25-14-15-34(18-25)19(2)35/h3-13,16-17,25H,1,14-15,18H2,2H3,(H,31,36)(H,30,32,33)/t25-/m0/s1. The molecule has 1 aromatic heterocycles. The second-order valence-electron chi connectivity index (χ2n) is 8.85. The molecule has 8 nitrogen and oxygen atoms in total. The number of carbonyl (C=O) groups is 2. The van der Waals surface area contributed by atoms with Crippen molar-refractivity contribution in [1.29, 1.82) is 0 Å². The van der Waals surface area contributed by atoms with Crippen molar-refractivity contribution in [3.05, 3.63) is 85.6 Å². The van der Waals surface area contributed by atoms with Gasteiger partial charge < -0.3 is 20.3 Å². The minimum atomic E-state index is -0.262. The number of nitrogens with one attached hydrogen (secondary N) is 2. The summed E-state index contributed by atoms with van der Waals surface area (Å²) < 4.78 is 6.04. The van der Waals surface area contributed by atoms with Crippen LogP contribution in [-0.2, 0) is 9.59 Å². The fraction of sp³-hybridized carbons (Fsp3) is 0.172. The molecule has 1 atom stereocenters. The number of benzene rings is 3. The van der Waals surface area contributed by atoms with Crippen molar-refractivity contribution in [1.82, 2.24) is 14.9 Å². The topological polar surface area (TPSA) is 96.5 Å². The van der Waals surface area contributed by atoms with Crippen LogP contribution in [0.3, 0.4) is 0 Å². The average molecular weight is 494 g/mol. The Morgan fingerprint density at radius 1 is 1.08 bits per heavy atom. The van der Waals surface area contributed by atoms with E-state index in [4.69, 9.17) is 9.72 Å². The summed E-state index contributed by atoms with van der Waals surface area (Å²) in [6.45, 7) is 6.44. The number of aromatic nitrogens is 2. The second-order valence-corrected chi connectivity index (χ2v) is 8.85. The molecule has 0 saturated carbocycles. The molecule has 0 aliphatic carbocycles. The van der Waals surface area contributed by atoms with Crippen LogP contribution >= 0.6 is 0 Å². The highest BCUT2D eigenvalue weighted by atomic mass is 16.5. The molecule has 4 aromatic rings. The molecule has 1 saturated heterocycles. The Labute approximate surface area is 215 Å². The lowest BCUT2D eigenvalue weighted by molar-refractivity contribution is -0.128. The molecular formula is C29H27N5O3. The van der Waals surface area contributed by atoms with Gasteiger partial charge in [0.25, 0.3) is 0 Å². The maximum atomic E-state index is 11.7. The van der Waals surface area contributed by atoms with E-state index >= 15 is 0 Å². The van der Waals surface area contributed by atoms with Crippen LogP contribution in [0.25, 0.3) is 22.0 Å². The quantitative estimate of drug-likeness (QED) is 0.345. The Morgan fingerprint density at radius 2 is 1.89 bits per heavy atom. The zero-order valence-electron chi connectivity index (χ0n) is 20.5. The number of hydrogen-bond donors (Lipinski definition) is 2. The molecule has 1 fully saturated rings. The van der Waals surface area contributed by atoms with E-state index in [1.807, 2.05) is 66.7 Å². The van der Waals surface area contributed by atoms with Gasteiger partial charge >= 0.3 is 0 Å². The molecule has 3 aromatic carbocycles. The van der Waals surface area contributed by atoms with Crippen LogP contribution in [0.2, 0.25) is 0 Å². The van der Waals surface area contributed by atoms with Crippen molar-refractivity contribution in [2.75, 3.05) is 23.7 Å². The van der Waals surface area contributed by atoms with E-state index in [2.05, 4.69) is 22.2 Å². The molecule has 0 spiro atoms. The van der Waals surface area contributed by atoms with Gasteiger partial charge in [-0.1, -0.05) is 36.9 Å². The molecule has 0 unspecified atom stereocenters. The summed E-state index contributed by atoms with van der Waals surface area (Å²) >= 11 is 0. The third-order valence-corrected chi connectivity index (χ3v) is 6.24. The monoisotopic (exact) mass is 493 g/mol. The molecule has 2 heterocycles. The van der Waals surface area contributed by atoms with Gasteiger partial charge in [-0.25, -0.2) is 9.97 Å². The molecule has 186 valence electrons. The van der Waals surface area contributed by atoms with Crippen molar-refractivity contribution < 1.29 is 14.3 Å². The summed E-state index contributed by atoms with van der Waals surface area (Å²) in [6.07, 6.45) is 3.87. The lowest BCUT2D eigenvalue weighted by Gasteiger charge is -2.16. The first kappa shape index (κ1) is 24.0. The van der Waals surface area contributed by atoms with Crippen LogP contribution in [0, 0.1) is 0 Å². The molecule has 0 radical (unpaired) electrons. The van der Waals surface area contributed by atoms with Gasteiger partial charge in [0.2, 0.25) is 17.8 Å². The average Bonchev–Trinajstić information content (AvgIpc) is 3.38. The number of anilines is 3. The van der Waals surface area contributed by atoms with Gasteiger partial charge in [-0.2, -0.15) is 0 Å². The maximum Gasteiger partial charge on any atom is 0.247 e. The third kappa shape index (κ3) is 5.59. The first-order valence-corrected chi connectivity index (χ1v) is 12.1. The van der Waals surface area contributed by atoms with E-state index in [1.54, 1.807) is 18.0 Å². The normalized spacial score (nSPS) is 14.8. The van der Waals surface area contributed by atoms with Gasteiger partial charge in [-0.05, 0) is 48.0 Å². The number of ether oxygens (including phenoxy) is 1. The highest BCUT2D eigenvalue weighted by molar-refractivity contribution is 6.00. The van der Waals surface area contributed by atoms with E-state index in [0.29, 0.717) is 18.2 Å². The summed E-state index contributed by atoms with van der Waals surface area (Å²) in [7, 11) is 0. The lowest BCUT2D eigenvalue weighted by atomic mass is 10.0. The van der Waals surface area contributed by atoms with Gasteiger partial charge in [-0.15, -0.1) is 0 Å².